The summed E-state index contributed by atoms with van der Waals surface area (Å²) in [6.45, 7) is 4.00. The molecule has 0 saturated heterocycles. The third-order valence-corrected chi connectivity index (χ3v) is 1.61. The van der Waals surface area contributed by atoms with Crippen molar-refractivity contribution in [3.8, 4) is 0 Å². The number of hydrogen-bond donors (Lipinski definition) is 2. The number of thiazole rings is 1. The Balaban J connectivity index is 0.000000561. The fourth-order valence-electron chi connectivity index (χ4n) is 0.466. The van der Waals surface area contributed by atoms with Crippen molar-refractivity contribution in [2.45, 2.75) is 13.8 Å². The topological polar surface area (TPSA) is 75.1 Å². The second-order valence-electron chi connectivity index (χ2n) is 1.48. The molecule has 4 nitrogen and oxygen atoms in total. The highest BCUT2D eigenvalue weighted by Gasteiger charge is 1.94. The Morgan fingerprint density at radius 3 is 2.75 bits per heavy atom. The molecule has 0 saturated carbocycles. The SMILES string of the molecule is CC.N=Cc1csc(N=CN)n1. The zero-order chi connectivity index (χ0) is 9.40. The number of rotatable bonds is 2. The predicted molar refractivity (Wildman–Crippen MR) is 53.7 cm³/mol. The van der Waals surface area contributed by atoms with E-state index in [1.807, 2.05) is 13.8 Å². The second-order valence-corrected chi connectivity index (χ2v) is 2.31. The van der Waals surface area contributed by atoms with Crippen LogP contribution in [0.4, 0.5) is 5.13 Å². The second kappa shape index (κ2) is 6.48. The highest BCUT2D eigenvalue weighted by atomic mass is 32.1. The Bertz CT molecular complexity index is 254. The molecule has 0 spiro atoms. The number of nitrogens with zero attached hydrogens (tertiary/aromatic N) is 2. The third-order valence-electron chi connectivity index (χ3n) is 0.843. The largest absolute Gasteiger partial charge is 0.390 e. The molecule has 0 radical (unpaired) electrons. The van der Waals surface area contributed by atoms with E-state index in [2.05, 4.69) is 9.98 Å². The maximum Gasteiger partial charge on any atom is 0.211 e. The maximum atomic E-state index is 6.83. The van der Waals surface area contributed by atoms with Gasteiger partial charge in [0, 0.05) is 11.6 Å². The Labute approximate surface area is 75.7 Å². The Kier molecular flexibility index (Phi) is 5.81. The van der Waals surface area contributed by atoms with Crippen LogP contribution in [0.5, 0.6) is 0 Å². The lowest BCUT2D eigenvalue weighted by Crippen LogP contribution is -1.86. The van der Waals surface area contributed by atoms with E-state index in [4.69, 9.17) is 11.1 Å². The van der Waals surface area contributed by atoms with Gasteiger partial charge in [-0.15, -0.1) is 11.3 Å². The van der Waals surface area contributed by atoms with Crippen molar-refractivity contribution in [3.05, 3.63) is 11.1 Å². The quantitative estimate of drug-likeness (QED) is 0.543. The van der Waals surface area contributed by atoms with Crippen LogP contribution in [0.25, 0.3) is 0 Å². The Hall–Kier alpha value is -1.23. The van der Waals surface area contributed by atoms with Crippen LogP contribution in [-0.2, 0) is 0 Å². The van der Waals surface area contributed by atoms with Crippen molar-refractivity contribution in [2.75, 3.05) is 0 Å². The molecule has 0 aromatic carbocycles. The summed E-state index contributed by atoms with van der Waals surface area (Å²) in [5.74, 6) is 0. The normalized spacial score (nSPS) is 9.17. The molecule has 1 heterocycles. The minimum Gasteiger partial charge on any atom is -0.390 e. The van der Waals surface area contributed by atoms with Gasteiger partial charge in [-0.3, -0.25) is 0 Å². The van der Waals surface area contributed by atoms with Crippen molar-refractivity contribution in [1.29, 1.82) is 5.41 Å². The van der Waals surface area contributed by atoms with Crippen molar-refractivity contribution in [3.63, 3.8) is 0 Å². The Morgan fingerprint density at radius 1 is 1.67 bits per heavy atom. The molecule has 0 bridgehead atoms. The lowest BCUT2D eigenvalue weighted by atomic mass is 10.6. The van der Waals surface area contributed by atoms with E-state index >= 15 is 0 Å². The van der Waals surface area contributed by atoms with E-state index < -0.39 is 0 Å². The molecular formula is C7H12N4S. The van der Waals surface area contributed by atoms with Gasteiger partial charge < -0.3 is 11.1 Å². The summed E-state index contributed by atoms with van der Waals surface area (Å²) in [5, 5.41) is 9.15. The number of aromatic nitrogens is 1. The summed E-state index contributed by atoms with van der Waals surface area (Å²) in [4.78, 5) is 7.65. The first-order valence-corrected chi connectivity index (χ1v) is 4.45. The molecule has 0 aliphatic rings. The van der Waals surface area contributed by atoms with Crippen molar-refractivity contribution >= 4 is 29.0 Å². The summed E-state index contributed by atoms with van der Waals surface area (Å²) in [6, 6.07) is 0. The van der Waals surface area contributed by atoms with Gasteiger partial charge in [0.15, 0.2) is 0 Å². The van der Waals surface area contributed by atoms with E-state index in [0.717, 1.165) is 0 Å². The molecule has 0 amide bonds. The molecule has 1 rings (SSSR count). The minimum absolute atomic E-state index is 0.584. The van der Waals surface area contributed by atoms with E-state index in [-0.39, 0.29) is 0 Å². The monoisotopic (exact) mass is 184 g/mol. The molecule has 1 aromatic heterocycles. The van der Waals surface area contributed by atoms with Gasteiger partial charge in [-0.05, 0) is 0 Å². The van der Waals surface area contributed by atoms with Crippen LogP contribution in [0.2, 0.25) is 0 Å². The molecule has 5 heteroatoms. The first-order valence-electron chi connectivity index (χ1n) is 3.57. The summed E-state index contributed by atoms with van der Waals surface area (Å²) in [6.07, 6.45) is 2.36. The number of aliphatic imine (C=N–C) groups is 1. The summed E-state index contributed by atoms with van der Waals surface area (Å²) in [7, 11) is 0. The van der Waals surface area contributed by atoms with Gasteiger partial charge in [0.1, 0.15) is 0 Å². The molecule has 66 valence electrons. The fraction of sp³-hybridized carbons (Fsp3) is 0.286. The molecule has 0 atom stereocenters. The maximum absolute atomic E-state index is 6.83. The number of nitrogens with two attached hydrogens (primary N) is 1. The summed E-state index contributed by atoms with van der Waals surface area (Å²) >= 11 is 1.36. The average Bonchev–Trinajstić information content (AvgIpc) is 2.57. The first kappa shape index (κ1) is 10.8. The van der Waals surface area contributed by atoms with Crippen LogP contribution in [0.1, 0.15) is 19.5 Å². The molecule has 0 aliphatic carbocycles. The minimum atomic E-state index is 0.584. The number of hydrogen-bond acceptors (Lipinski definition) is 4. The summed E-state index contributed by atoms with van der Waals surface area (Å²) < 4.78 is 0. The lowest BCUT2D eigenvalue weighted by Gasteiger charge is -1.77. The van der Waals surface area contributed by atoms with E-state index in [9.17, 15) is 0 Å². The molecule has 0 aliphatic heterocycles. The van der Waals surface area contributed by atoms with Crippen LogP contribution in [0, 0.1) is 5.41 Å². The van der Waals surface area contributed by atoms with Crippen molar-refractivity contribution < 1.29 is 0 Å². The van der Waals surface area contributed by atoms with E-state index in [0.29, 0.717) is 10.8 Å². The molecule has 0 unspecified atom stereocenters. The van der Waals surface area contributed by atoms with Gasteiger partial charge in [-0.1, -0.05) is 13.8 Å². The molecular weight excluding hydrogens is 172 g/mol. The molecule has 3 N–H and O–H groups in total. The van der Waals surface area contributed by atoms with Crippen LogP contribution in [0.3, 0.4) is 0 Å². The summed E-state index contributed by atoms with van der Waals surface area (Å²) in [5.41, 5.74) is 5.65. The molecule has 0 fully saturated rings. The smallest absolute Gasteiger partial charge is 0.211 e. The zero-order valence-corrected chi connectivity index (χ0v) is 7.93. The van der Waals surface area contributed by atoms with Gasteiger partial charge in [0.2, 0.25) is 5.13 Å². The highest BCUT2D eigenvalue weighted by Crippen LogP contribution is 2.16. The molecule has 1 aromatic rings. The lowest BCUT2D eigenvalue weighted by molar-refractivity contribution is 1.33. The van der Waals surface area contributed by atoms with E-state index in [1.54, 1.807) is 5.38 Å². The van der Waals surface area contributed by atoms with Gasteiger partial charge in [0.25, 0.3) is 0 Å². The van der Waals surface area contributed by atoms with Gasteiger partial charge in [-0.25, -0.2) is 9.98 Å². The van der Waals surface area contributed by atoms with Crippen LogP contribution < -0.4 is 5.73 Å². The fourth-order valence-corrected chi connectivity index (χ4v) is 1.09. The first-order chi connectivity index (χ1) is 5.86. The van der Waals surface area contributed by atoms with Crippen LogP contribution in [-0.4, -0.2) is 17.5 Å². The van der Waals surface area contributed by atoms with Crippen molar-refractivity contribution in [2.24, 2.45) is 10.7 Å². The third kappa shape index (κ3) is 3.25. The highest BCUT2D eigenvalue weighted by molar-refractivity contribution is 7.13. The van der Waals surface area contributed by atoms with Crippen molar-refractivity contribution in [1.82, 2.24) is 4.98 Å². The Morgan fingerprint density at radius 2 is 2.33 bits per heavy atom. The van der Waals surface area contributed by atoms with Gasteiger partial charge in [0.05, 0.1) is 12.0 Å². The number of nitrogens with one attached hydrogen (secondary N) is 1. The zero-order valence-electron chi connectivity index (χ0n) is 7.11. The predicted octanol–water partition coefficient (Wildman–Crippen LogP) is 1.79. The van der Waals surface area contributed by atoms with E-state index in [1.165, 1.54) is 23.9 Å². The van der Waals surface area contributed by atoms with Gasteiger partial charge >= 0.3 is 0 Å². The average molecular weight is 184 g/mol. The van der Waals surface area contributed by atoms with Gasteiger partial charge in [-0.2, -0.15) is 0 Å². The van der Waals surface area contributed by atoms with Crippen LogP contribution in [0.15, 0.2) is 10.4 Å². The molecule has 12 heavy (non-hydrogen) atoms. The standard InChI is InChI=1S/C5H6N4S.C2H6/c6-1-4-2-10-5(9-4)8-3-7;1-2/h1-3,6H,(H2,7,8,9);1-2H3. The van der Waals surface area contributed by atoms with Crippen LogP contribution >= 0.6 is 11.3 Å².